The van der Waals surface area contributed by atoms with Crippen LogP contribution < -0.4 is 11.1 Å². The van der Waals surface area contributed by atoms with Crippen molar-refractivity contribution in [2.24, 2.45) is 5.73 Å². The van der Waals surface area contributed by atoms with Crippen LogP contribution in [0.25, 0.3) is 0 Å². The van der Waals surface area contributed by atoms with Crippen LogP contribution in [0.2, 0.25) is 0 Å². The van der Waals surface area contributed by atoms with Gasteiger partial charge in [0.25, 0.3) is 0 Å². The Bertz CT molecular complexity index is 302. The summed E-state index contributed by atoms with van der Waals surface area (Å²) in [6.45, 7) is 10.2. The number of para-hydroxylation sites is 1. The molecule has 4 heteroatoms. The third-order valence-electron chi connectivity index (χ3n) is 1.97. The molecule has 0 heterocycles. The van der Waals surface area contributed by atoms with Crippen molar-refractivity contribution >= 4 is 11.8 Å². The average Bonchev–Trinajstić information content (AvgIpc) is 2.50. The number of nitrogens with two attached hydrogens (primary N) is 1. The lowest BCUT2D eigenvalue weighted by atomic mass is 10.3. The van der Waals surface area contributed by atoms with E-state index < -0.39 is 6.09 Å². The van der Waals surface area contributed by atoms with Crippen LogP contribution in [-0.2, 0) is 4.74 Å². The molecule has 0 aliphatic heterocycles. The first kappa shape index (κ1) is 19.8. The van der Waals surface area contributed by atoms with Crippen LogP contribution in [-0.4, -0.2) is 18.7 Å². The molecule has 0 radical (unpaired) electrons. The number of ether oxygens (including phenoxy) is 1. The number of carbonyl (C=O) groups is 1. The minimum atomic E-state index is -0.467. The van der Waals surface area contributed by atoms with Crippen LogP contribution in [0.3, 0.4) is 0 Å². The Hall–Kier alpha value is -1.55. The van der Waals surface area contributed by atoms with Crippen LogP contribution in [0.1, 0.15) is 41.0 Å². The summed E-state index contributed by atoms with van der Waals surface area (Å²) in [4.78, 5) is 11.2. The molecule has 1 amide bonds. The van der Waals surface area contributed by atoms with Gasteiger partial charge in [-0.15, -0.1) is 0 Å². The molecule has 110 valence electrons. The second-order valence-corrected chi connectivity index (χ2v) is 3.26. The lowest BCUT2D eigenvalue weighted by Gasteiger charge is -2.10. The second kappa shape index (κ2) is 14.5. The first-order chi connectivity index (χ1) is 9.22. The largest absolute Gasteiger partial charge is 0.448 e. The molecule has 4 nitrogen and oxygen atoms in total. The fraction of sp³-hybridized carbons (Fsp3) is 0.533. The molecular weight excluding hydrogens is 240 g/mol. The molecule has 3 N–H and O–H groups in total. The summed E-state index contributed by atoms with van der Waals surface area (Å²) >= 11 is 0. The fourth-order valence-electron chi connectivity index (χ4n) is 0.976. The van der Waals surface area contributed by atoms with Crippen molar-refractivity contribution in [2.75, 3.05) is 11.9 Å². The molecule has 19 heavy (non-hydrogen) atoms. The van der Waals surface area contributed by atoms with E-state index in [0.29, 0.717) is 5.69 Å². The van der Waals surface area contributed by atoms with Crippen molar-refractivity contribution in [3.8, 4) is 0 Å². The maximum Gasteiger partial charge on any atom is 0.411 e. The first-order valence-electron chi connectivity index (χ1n) is 6.96. The van der Waals surface area contributed by atoms with Crippen LogP contribution in [0, 0.1) is 0 Å². The van der Waals surface area contributed by atoms with Gasteiger partial charge in [-0.05, 0) is 18.6 Å². The minimum absolute atomic E-state index is 0.0912. The molecule has 0 aromatic heterocycles. The van der Waals surface area contributed by atoms with Gasteiger partial charge in [0, 0.05) is 11.7 Å². The topological polar surface area (TPSA) is 64.3 Å². The van der Waals surface area contributed by atoms with Crippen LogP contribution >= 0.6 is 0 Å². The van der Waals surface area contributed by atoms with Gasteiger partial charge in [-0.25, -0.2) is 4.79 Å². The van der Waals surface area contributed by atoms with Crippen molar-refractivity contribution in [2.45, 2.75) is 47.1 Å². The van der Waals surface area contributed by atoms with E-state index >= 15 is 0 Å². The van der Waals surface area contributed by atoms with Crippen LogP contribution in [0.4, 0.5) is 10.5 Å². The number of rotatable bonds is 4. The SMILES string of the molecule is CC.CC.CCC(N)COC(=O)Nc1ccccc1. The number of nitrogens with one attached hydrogen (secondary N) is 1. The molecule has 0 saturated heterocycles. The zero-order valence-electron chi connectivity index (χ0n) is 12.8. The fourth-order valence-corrected chi connectivity index (χ4v) is 0.976. The molecule has 0 spiro atoms. The van der Waals surface area contributed by atoms with Gasteiger partial charge in [-0.2, -0.15) is 0 Å². The summed E-state index contributed by atoms with van der Waals surface area (Å²) in [7, 11) is 0. The first-order valence-corrected chi connectivity index (χ1v) is 6.96. The van der Waals surface area contributed by atoms with E-state index in [0.717, 1.165) is 6.42 Å². The molecule has 1 atom stereocenters. The summed E-state index contributed by atoms with van der Waals surface area (Å²) in [6, 6.07) is 9.05. The predicted octanol–water partition coefficient (Wildman–Crippen LogP) is 4.02. The lowest BCUT2D eigenvalue weighted by Crippen LogP contribution is -2.28. The van der Waals surface area contributed by atoms with Gasteiger partial charge in [0.15, 0.2) is 0 Å². The smallest absolute Gasteiger partial charge is 0.411 e. The Morgan fingerprint density at radius 3 is 2.21 bits per heavy atom. The molecule has 0 aliphatic rings. The Labute approximate surface area is 117 Å². The van der Waals surface area contributed by atoms with Gasteiger partial charge >= 0.3 is 6.09 Å². The average molecular weight is 268 g/mol. The number of benzene rings is 1. The van der Waals surface area contributed by atoms with Crippen LogP contribution in [0.5, 0.6) is 0 Å². The van der Waals surface area contributed by atoms with Crippen molar-refractivity contribution in [3.63, 3.8) is 0 Å². The number of anilines is 1. The Morgan fingerprint density at radius 2 is 1.74 bits per heavy atom. The molecule has 1 aromatic rings. The molecule has 1 unspecified atom stereocenters. The van der Waals surface area contributed by atoms with Gasteiger partial charge in [-0.3, -0.25) is 5.32 Å². The molecule has 0 fully saturated rings. The summed E-state index contributed by atoms with van der Waals surface area (Å²) < 4.78 is 4.92. The Kier molecular flexibility index (Phi) is 15.1. The molecule has 0 aliphatic carbocycles. The highest BCUT2D eigenvalue weighted by Crippen LogP contribution is 2.05. The van der Waals surface area contributed by atoms with E-state index in [1.807, 2.05) is 52.8 Å². The van der Waals surface area contributed by atoms with E-state index in [2.05, 4.69) is 5.32 Å². The summed E-state index contributed by atoms with van der Waals surface area (Å²) in [5, 5.41) is 2.60. The highest BCUT2D eigenvalue weighted by atomic mass is 16.5. The highest BCUT2D eigenvalue weighted by Gasteiger charge is 2.05. The van der Waals surface area contributed by atoms with E-state index in [9.17, 15) is 4.79 Å². The molecule has 1 aromatic carbocycles. The molecule has 0 saturated carbocycles. The maximum atomic E-state index is 11.2. The van der Waals surface area contributed by atoms with Crippen molar-refractivity contribution < 1.29 is 9.53 Å². The summed E-state index contributed by atoms with van der Waals surface area (Å²) in [6.07, 6.45) is 0.323. The molecule has 1 rings (SSSR count). The minimum Gasteiger partial charge on any atom is -0.448 e. The van der Waals surface area contributed by atoms with E-state index in [4.69, 9.17) is 10.5 Å². The number of hydrogen-bond acceptors (Lipinski definition) is 3. The zero-order chi connectivity index (χ0) is 15.1. The van der Waals surface area contributed by atoms with Crippen molar-refractivity contribution in [1.29, 1.82) is 0 Å². The van der Waals surface area contributed by atoms with Crippen molar-refractivity contribution in [3.05, 3.63) is 30.3 Å². The highest BCUT2D eigenvalue weighted by molar-refractivity contribution is 5.84. The van der Waals surface area contributed by atoms with Gasteiger partial charge in [0.1, 0.15) is 6.61 Å². The van der Waals surface area contributed by atoms with Crippen LogP contribution in [0.15, 0.2) is 30.3 Å². The summed E-state index contributed by atoms with van der Waals surface area (Å²) in [5.41, 5.74) is 6.32. The van der Waals surface area contributed by atoms with Crippen molar-refractivity contribution in [1.82, 2.24) is 0 Å². The maximum absolute atomic E-state index is 11.2. The van der Waals surface area contributed by atoms with E-state index in [1.165, 1.54) is 0 Å². The number of amides is 1. The standard InChI is InChI=1S/C11H16N2O2.2C2H6/c1-2-9(12)8-15-11(14)13-10-6-4-3-5-7-10;2*1-2/h3-7,9H,2,8,12H2,1H3,(H,13,14);2*1-2H3. The van der Waals surface area contributed by atoms with E-state index in [-0.39, 0.29) is 12.6 Å². The quantitative estimate of drug-likeness (QED) is 0.866. The third-order valence-corrected chi connectivity index (χ3v) is 1.97. The predicted molar refractivity (Wildman–Crippen MR) is 82.4 cm³/mol. The monoisotopic (exact) mass is 268 g/mol. The van der Waals surface area contributed by atoms with Gasteiger partial charge in [-0.1, -0.05) is 52.8 Å². The third kappa shape index (κ3) is 11.3. The molecular formula is C15H28N2O2. The van der Waals surface area contributed by atoms with Gasteiger partial charge in [0.2, 0.25) is 0 Å². The Balaban J connectivity index is 0. The lowest BCUT2D eigenvalue weighted by molar-refractivity contribution is 0.153. The summed E-state index contributed by atoms with van der Waals surface area (Å²) in [5.74, 6) is 0. The zero-order valence-corrected chi connectivity index (χ0v) is 12.8. The van der Waals surface area contributed by atoms with E-state index in [1.54, 1.807) is 12.1 Å². The number of carbonyl (C=O) groups excluding carboxylic acids is 1. The second-order valence-electron chi connectivity index (χ2n) is 3.26. The number of hydrogen-bond donors (Lipinski definition) is 2. The molecule has 0 bridgehead atoms. The van der Waals surface area contributed by atoms with Gasteiger partial charge in [0.05, 0.1) is 0 Å². The van der Waals surface area contributed by atoms with Gasteiger partial charge < -0.3 is 10.5 Å². The normalized spacial score (nSPS) is 10.0. The Morgan fingerprint density at radius 1 is 1.21 bits per heavy atom.